The zero-order valence-electron chi connectivity index (χ0n) is 7.00. The number of aliphatic hydroxyl groups excluding tert-OH is 1. The number of likely N-dealkylation sites (N-methyl/N-ethyl adjacent to an activating group) is 2. The molecule has 0 aromatic carbocycles. The molecular weight excluding hydrogens is 148 g/mol. The Balaban J connectivity index is 3.97. The third-order valence-electron chi connectivity index (χ3n) is 1.41. The van der Waals surface area contributed by atoms with Gasteiger partial charge in [-0.05, 0) is 7.05 Å². The fraction of sp³-hybridized carbons (Fsp3) is 0.833. The van der Waals surface area contributed by atoms with Crippen LogP contribution in [0.1, 0.15) is 0 Å². The highest BCUT2D eigenvalue weighted by Crippen LogP contribution is 1.90. The van der Waals surface area contributed by atoms with Crippen molar-refractivity contribution in [3.8, 4) is 0 Å². The van der Waals surface area contributed by atoms with Gasteiger partial charge in [0.2, 0.25) is 0 Å². The number of aliphatic hydroxyl groups is 1. The predicted molar refractivity (Wildman–Crippen MR) is 39.7 cm³/mol. The van der Waals surface area contributed by atoms with Crippen LogP contribution in [0.5, 0.6) is 0 Å². The Labute approximate surface area is 65.9 Å². The minimum absolute atomic E-state index is 0.233. The first-order valence-electron chi connectivity index (χ1n) is 3.27. The average molecular weight is 162 g/mol. The zero-order valence-corrected chi connectivity index (χ0v) is 7.00. The summed E-state index contributed by atoms with van der Waals surface area (Å²) in [6.45, 7) is -0.233. The fourth-order valence-corrected chi connectivity index (χ4v) is 0.602. The SMILES string of the molecule is CNC(CO)C(=O)N(C)OC. The Morgan fingerprint density at radius 3 is 2.64 bits per heavy atom. The second kappa shape index (κ2) is 5.06. The number of hydrogen-bond donors (Lipinski definition) is 2. The van der Waals surface area contributed by atoms with Gasteiger partial charge >= 0.3 is 0 Å². The quantitative estimate of drug-likeness (QED) is 0.498. The first-order valence-corrected chi connectivity index (χ1v) is 3.27. The molecule has 0 aromatic rings. The van der Waals surface area contributed by atoms with Gasteiger partial charge in [-0.15, -0.1) is 0 Å². The van der Waals surface area contributed by atoms with Gasteiger partial charge < -0.3 is 10.4 Å². The van der Waals surface area contributed by atoms with E-state index in [2.05, 4.69) is 10.2 Å². The van der Waals surface area contributed by atoms with E-state index in [4.69, 9.17) is 5.11 Å². The largest absolute Gasteiger partial charge is 0.394 e. The number of amides is 1. The maximum atomic E-state index is 11.1. The van der Waals surface area contributed by atoms with E-state index in [0.29, 0.717) is 0 Å². The molecule has 0 fully saturated rings. The van der Waals surface area contributed by atoms with Gasteiger partial charge in [0.15, 0.2) is 0 Å². The lowest BCUT2D eigenvalue weighted by Gasteiger charge is -2.19. The van der Waals surface area contributed by atoms with E-state index in [-0.39, 0.29) is 12.5 Å². The van der Waals surface area contributed by atoms with Crippen LogP contribution in [0.2, 0.25) is 0 Å². The standard InChI is InChI=1S/C6H14N2O3/c1-7-5(4-9)6(10)8(2)11-3/h5,7,9H,4H2,1-3H3. The molecule has 0 aromatic heterocycles. The molecule has 5 nitrogen and oxygen atoms in total. The Morgan fingerprint density at radius 2 is 2.36 bits per heavy atom. The summed E-state index contributed by atoms with van der Waals surface area (Å²) in [6.07, 6.45) is 0. The van der Waals surface area contributed by atoms with Crippen molar-refractivity contribution in [3.63, 3.8) is 0 Å². The predicted octanol–water partition coefficient (Wildman–Crippen LogP) is -1.41. The molecule has 1 unspecified atom stereocenters. The van der Waals surface area contributed by atoms with Crippen LogP contribution in [0.3, 0.4) is 0 Å². The smallest absolute Gasteiger partial charge is 0.265 e. The van der Waals surface area contributed by atoms with E-state index in [1.54, 1.807) is 7.05 Å². The number of hydroxylamine groups is 2. The Morgan fingerprint density at radius 1 is 1.82 bits per heavy atom. The molecule has 1 atom stereocenters. The highest BCUT2D eigenvalue weighted by atomic mass is 16.7. The summed E-state index contributed by atoms with van der Waals surface area (Å²) in [5.74, 6) is -0.294. The number of nitrogens with one attached hydrogen (secondary N) is 1. The Bertz CT molecular complexity index is 125. The van der Waals surface area contributed by atoms with E-state index < -0.39 is 6.04 Å². The fourth-order valence-electron chi connectivity index (χ4n) is 0.602. The van der Waals surface area contributed by atoms with Crippen molar-refractivity contribution in [1.29, 1.82) is 0 Å². The van der Waals surface area contributed by atoms with Crippen molar-refractivity contribution in [2.45, 2.75) is 6.04 Å². The molecule has 0 rings (SSSR count). The Hall–Kier alpha value is -0.650. The van der Waals surface area contributed by atoms with Gasteiger partial charge in [-0.25, -0.2) is 5.06 Å². The molecule has 0 bridgehead atoms. The molecule has 0 saturated heterocycles. The molecule has 2 N–H and O–H groups in total. The molecular formula is C6H14N2O3. The Kier molecular flexibility index (Phi) is 4.76. The number of hydrogen-bond acceptors (Lipinski definition) is 4. The minimum atomic E-state index is -0.583. The maximum Gasteiger partial charge on any atom is 0.265 e. The second-order valence-corrected chi connectivity index (χ2v) is 2.04. The molecule has 66 valence electrons. The van der Waals surface area contributed by atoms with Gasteiger partial charge in [-0.3, -0.25) is 9.63 Å². The lowest BCUT2D eigenvalue weighted by molar-refractivity contribution is -0.171. The van der Waals surface area contributed by atoms with Gasteiger partial charge in [0.25, 0.3) is 5.91 Å². The van der Waals surface area contributed by atoms with E-state index in [9.17, 15) is 4.79 Å². The van der Waals surface area contributed by atoms with Gasteiger partial charge in [-0.1, -0.05) is 0 Å². The van der Waals surface area contributed by atoms with E-state index in [1.165, 1.54) is 14.2 Å². The summed E-state index contributed by atoms with van der Waals surface area (Å²) in [5.41, 5.74) is 0. The van der Waals surface area contributed by atoms with Crippen molar-refractivity contribution in [1.82, 2.24) is 10.4 Å². The monoisotopic (exact) mass is 162 g/mol. The van der Waals surface area contributed by atoms with Crippen molar-refractivity contribution < 1.29 is 14.7 Å². The molecule has 0 saturated carbocycles. The summed E-state index contributed by atoms with van der Waals surface area (Å²) in [4.78, 5) is 15.7. The van der Waals surface area contributed by atoms with Crippen LogP contribution in [0.25, 0.3) is 0 Å². The van der Waals surface area contributed by atoms with E-state index in [1.807, 2.05) is 0 Å². The average Bonchev–Trinajstić information content (AvgIpc) is 2.05. The van der Waals surface area contributed by atoms with Crippen LogP contribution in [0, 0.1) is 0 Å². The molecule has 0 heterocycles. The van der Waals surface area contributed by atoms with Crippen LogP contribution < -0.4 is 5.32 Å². The molecule has 5 heteroatoms. The van der Waals surface area contributed by atoms with Crippen molar-refractivity contribution >= 4 is 5.91 Å². The third kappa shape index (κ3) is 2.83. The van der Waals surface area contributed by atoms with Crippen LogP contribution >= 0.6 is 0 Å². The number of rotatable bonds is 4. The highest BCUT2D eigenvalue weighted by Gasteiger charge is 2.18. The number of carbonyl (C=O) groups is 1. The third-order valence-corrected chi connectivity index (χ3v) is 1.41. The van der Waals surface area contributed by atoms with Crippen LogP contribution in [-0.4, -0.2) is 49.9 Å². The highest BCUT2D eigenvalue weighted by molar-refractivity contribution is 5.80. The van der Waals surface area contributed by atoms with Crippen molar-refractivity contribution in [2.24, 2.45) is 0 Å². The summed E-state index contributed by atoms with van der Waals surface area (Å²) < 4.78 is 0. The zero-order chi connectivity index (χ0) is 8.85. The lowest BCUT2D eigenvalue weighted by Crippen LogP contribution is -2.45. The first-order chi connectivity index (χ1) is 5.17. The molecule has 0 spiro atoms. The molecule has 0 aliphatic carbocycles. The molecule has 1 amide bonds. The van der Waals surface area contributed by atoms with Crippen LogP contribution in [-0.2, 0) is 9.63 Å². The topological polar surface area (TPSA) is 61.8 Å². The first kappa shape index (κ1) is 10.3. The van der Waals surface area contributed by atoms with E-state index in [0.717, 1.165) is 5.06 Å². The number of nitrogens with zero attached hydrogens (tertiary/aromatic N) is 1. The van der Waals surface area contributed by atoms with E-state index >= 15 is 0 Å². The lowest BCUT2D eigenvalue weighted by atomic mass is 10.3. The summed E-state index contributed by atoms with van der Waals surface area (Å²) >= 11 is 0. The van der Waals surface area contributed by atoms with Crippen LogP contribution in [0.15, 0.2) is 0 Å². The van der Waals surface area contributed by atoms with Crippen LogP contribution in [0.4, 0.5) is 0 Å². The minimum Gasteiger partial charge on any atom is -0.394 e. The second-order valence-electron chi connectivity index (χ2n) is 2.04. The maximum absolute atomic E-state index is 11.1. The number of carbonyl (C=O) groups excluding carboxylic acids is 1. The normalized spacial score (nSPS) is 12.7. The summed E-state index contributed by atoms with van der Waals surface area (Å²) in [6, 6.07) is -0.583. The summed E-state index contributed by atoms with van der Waals surface area (Å²) in [7, 11) is 4.48. The van der Waals surface area contributed by atoms with Crippen molar-refractivity contribution in [3.05, 3.63) is 0 Å². The van der Waals surface area contributed by atoms with Gasteiger partial charge in [-0.2, -0.15) is 0 Å². The molecule has 11 heavy (non-hydrogen) atoms. The molecule has 0 aliphatic rings. The van der Waals surface area contributed by atoms with Gasteiger partial charge in [0, 0.05) is 7.05 Å². The summed E-state index contributed by atoms with van der Waals surface area (Å²) in [5, 5.41) is 12.4. The van der Waals surface area contributed by atoms with Crippen molar-refractivity contribution in [2.75, 3.05) is 27.8 Å². The van der Waals surface area contributed by atoms with Gasteiger partial charge in [0.05, 0.1) is 13.7 Å². The molecule has 0 radical (unpaired) electrons. The molecule has 0 aliphatic heterocycles. The van der Waals surface area contributed by atoms with Gasteiger partial charge in [0.1, 0.15) is 6.04 Å².